The number of hydrogen-bond donors (Lipinski definition) is 0. The quantitative estimate of drug-likeness (QED) is 0.746. The highest BCUT2D eigenvalue weighted by Crippen LogP contribution is 2.37. The normalized spacial score (nSPS) is 39.9. The molecule has 6 heteroatoms. The first kappa shape index (κ1) is 17.3. The van der Waals surface area contributed by atoms with Gasteiger partial charge in [0.2, 0.25) is 0 Å². The van der Waals surface area contributed by atoms with Crippen molar-refractivity contribution in [2.75, 3.05) is 13.2 Å². The highest BCUT2D eigenvalue weighted by molar-refractivity contribution is 6.76. The number of alkyl halides is 1. The van der Waals surface area contributed by atoms with Gasteiger partial charge in [0.15, 0.2) is 18.2 Å². The minimum absolute atomic E-state index is 0.253. The van der Waals surface area contributed by atoms with Gasteiger partial charge in [-0.15, -0.1) is 0 Å². The second-order valence-electron chi connectivity index (χ2n) is 7.82. The molecule has 5 atom stereocenters. The number of hydrogen-bond acceptors (Lipinski definition) is 4. The van der Waals surface area contributed by atoms with E-state index < -0.39 is 26.3 Å². The molecule has 0 amide bonds. The maximum absolute atomic E-state index is 14.5. The Morgan fingerprint density at radius 2 is 1.95 bits per heavy atom. The molecule has 2 aliphatic heterocycles. The van der Waals surface area contributed by atoms with E-state index in [9.17, 15) is 4.39 Å². The average molecular weight is 320 g/mol. The predicted molar refractivity (Wildman–Crippen MR) is 81.7 cm³/mol. The Labute approximate surface area is 128 Å². The van der Waals surface area contributed by atoms with E-state index in [1.807, 2.05) is 20.8 Å². The van der Waals surface area contributed by atoms with E-state index in [1.54, 1.807) is 0 Å². The molecule has 2 heterocycles. The molecule has 2 unspecified atom stereocenters. The zero-order valence-corrected chi connectivity index (χ0v) is 15.0. The summed E-state index contributed by atoms with van der Waals surface area (Å²) in [7, 11) is -1.19. The summed E-state index contributed by atoms with van der Waals surface area (Å²) in [6, 6.07) is 1.00. The monoisotopic (exact) mass is 320 g/mol. The van der Waals surface area contributed by atoms with E-state index in [4.69, 9.17) is 18.9 Å². The summed E-state index contributed by atoms with van der Waals surface area (Å²) < 4.78 is 37.4. The summed E-state index contributed by atoms with van der Waals surface area (Å²) in [6.45, 7) is 13.3. The standard InChI is InChI=1S/C15H29FO4Si/c1-10-12(16)14(17-7-8-21(4,5)6)19-11-9-18-15(2,3)20-13(10)11/h10-14H,7-9H2,1-6H3/t10-,11?,12?,13+,14-/m1/s1. The van der Waals surface area contributed by atoms with Gasteiger partial charge in [0.05, 0.1) is 12.7 Å². The minimum atomic E-state index is -1.19. The van der Waals surface area contributed by atoms with Gasteiger partial charge in [-0.25, -0.2) is 4.39 Å². The Kier molecular flexibility index (Phi) is 5.15. The Balaban J connectivity index is 1.92. The largest absolute Gasteiger partial charge is 0.350 e. The van der Waals surface area contributed by atoms with Crippen LogP contribution in [0, 0.1) is 5.92 Å². The van der Waals surface area contributed by atoms with E-state index in [-0.39, 0.29) is 18.1 Å². The molecule has 2 aliphatic rings. The van der Waals surface area contributed by atoms with Crippen molar-refractivity contribution in [3.63, 3.8) is 0 Å². The number of halogens is 1. The van der Waals surface area contributed by atoms with E-state index in [1.165, 1.54) is 0 Å². The smallest absolute Gasteiger partial charge is 0.189 e. The van der Waals surface area contributed by atoms with Crippen molar-refractivity contribution in [1.82, 2.24) is 0 Å². The van der Waals surface area contributed by atoms with Gasteiger partial charge in [-0.3, -0.25) is 0 Å². The molecule has 0 saturated carbocycles. The molecule has 0 aliphatic carbocycles. The summed E-state index contributed by atoms with van der Waals surface area (Å²) in [5.41, 5.74) is 0. The summed E-state index contributed by atoms with van der Waals surface area (Å²) in [5.74, 6) is -0.937. The van der Waals surface area contributed by atoms with Crippen LogP contribution in [-0.2, 0) is 18.9 Å². The fourth-order valence-electron chi connectivity index (χ4n) is 2.67. The Morgan fingerprint density at radius 1 is 1.29 bits per heavy atom. The van der Waals surface area contributed by atoms with Crippen molar-refractivity contribution in [3.8, 4) is 0 Å². The molecular weight excluding hydrogens is 291 g/mol. The third kappa shape index (κ3) is 4.48. The molecule has 0 aromatic heterocycles. The maximum Gasteiger partial charge on any atom is 0.189 e. The lowest BCUT2D eigenvalue weighted by atomic mass is 9.90. The highest BCUT2D eigenvalue weighted by atomic mass is 28.3. The molecule has 4 nitrogen and oxygen atoms in total. The van der Waals surface area contributed by atoms with Gasteiger partial charge in [-0.05, 0) is 19.9 Å². The first-order valence-electron chi connectivity index (χ1n) is 7.82. The van der Waals surface area contributed by atoms with E-state index in [0.29, 0.717) is 13.2 Å². The highest BCUT2D eigenvalue weighted by Gasteiger charge is 2.50. The van der Waals surface area contributed by atoms with Crippen LogP contribution in [0.25, 0.3) is 0 Å². The fraction of sp³-hybridized carbons (Fsp3) is 1.00. The van der Waals surface area contributed by atoms with Gasteiger partial charge >= 0.3 is 0 Å². The molecule has 0 radical (unpaired) electrons. The predicted octanol–water partition coefficient (Wildman–Crippen LogP) is 3.19. The van der Waals surface area contributed by atoms with Crippen LogP contribution in [0.2, 0.25) is 25.7 Å². The van der Waals surface area contributed by atoms with Crippen molar-refractivity contribution in [1.29, 1.82) is 0 Å². The van der Waals surface area contributed by atoms with Gasteiger partial charge in [0.1, 0.15) is 6.10 Å². The van der Waals surface area contributed by atoms with Crippen LogP contribution in [0.15, 0.2) is 0 Å². The van der Waals surface area contributed by atoms with E-state index in [2.05, 4.69) is 19.6 Å². The minimum Gasteiger partial charge on any atom is -0.350 e. The second kappa shape index (κ2) is 6.24. The lowest BCUT2D eigenvalue weighted by Gasteiger charge is -2.48. The first-order valence-corrected chi connectivity index (χ1v) is 11.5. The zero-order chi connectivity index (χ0) is 15.8. The molecule has 2 rings (SSSR count). The first-order chi connectivity index (χ1) is 9.59. The van der Waals surface area contributed by atoms with Crippen molar-refractivity contribution < 1.29 is 23.3 Å². The Hall–Kier alpha value is -0.0131. The zero-order valence-electron chi connectivity index (χ0n) is 14.0. The van der Waals surface area contributed by atoms with E-state index in [0.717, 1.165) is 6.04 Å². The third-order valence-corrected chi connectivity index (χ3v) is 5.81. The molecule has 0 aromatic rings. The Bertz CT molecular complexity index is 356. The molecule has 0 bridgehead atoms. The molecule has 0 aromatic carbocycles. The molecular formula is C15H29FO4Si. The average Bonchev–Trinajstić information content (AvgIpc) is 2.34. The molecule has 124 valence electrons. The Morgan fingerprint density at radius 3 is 2.57 bits per heavy atom. The van der Waals surface area contributed by atoms with Gasteiger partial charge < -0.3 is 18.9 Å². The van der Waals surface area contributed by atoms with E-state index >= 15 is 0 Å². The summed E-state index contributed by atoms with van der Waals surface area (Å²) >= 11 is 0. The van der Waals surface area contributed by atoms with Crippen LogP contribution < -0.4 is 0 Å². The van der Waals surface area contributed by atoms with Gasteiger partial charge in [0.25, 0.3) is 0 Å². The van der Waals surface area contributed by atoms with Gasteiger partial charge in [-0.1, -0.05) is 26.6 Å². The van der Waals surface area contributed by atoms with Crippen molar-refractivity contribution in [2.45, 2.75) is 76.9 Å². The number of fused-ring (bicyclic) bond motifs is 1. The SMILES string of the molecule is C[C@@H]1C(F)[C@H](OCC[Si](C)(C)C)OC2COC(C)(C)O[C@H]21. The van der Waals surface area contributed by atoms with Crippen LogP contribution >= 0.6 is 0 Å². The molecule has 0 N–H and O–H groups in total. The summed E-state index contributed by atoms with van der Waals surface area (Å²) in [4.78, 5) is 0. The summed E-state index contributed by atoms with van der Waals surface area (Å²) in [5, 5.41) is 0. The van der Waals surface area contributed by atoms with Crippen molar-refractivity contribution in [3.05, 3.63) is 0 Å². The van der Waals surface area contributed by atoms with Crippen molar-refractivity contribution in [2.24, 2.45) is 5.92 Å². The van der Waals surface area contributed by atoms with Crippen LogP contribution in [0.4, 0.5) is 4.39 Å². The third-order valence-electron chi connectivity index (χ3n) is 4.11. The van der Waals surface area contributed by atoms with Crippen LogP contribution in [0.1, 0.15) is 20.8 Å². The lowest BCUT2D eigenvalue weighted by molar-refractivity contribution is -0.368. The molecule has 2 fully saturated rings. The summed E-state index contributed by atoms with van der Waals surface area (Å²) in [6.07, 6.45) is -2.50. The molecule has 21 heavy (non-hydrogen) atoms. The number of rotatable bonds is 4. The molecule has 2 saturated heterocycles. The molecule has 0 spiro atoms. The van der Waals surface area contributed by atoms with Gasteiger partial charge in [-0.2, -0.15) is 0 Å². The fourth-order valence-corrected chi connectivity index (χ4v) is 3.40. The maximum atomic E-state index is 14.5. The lowest BCUT2D eigenvalue weighted by Crippen LogP contribution is -2.60. The number of ether oxygens (including phenoxy) is 4. The van der Waals surface area contributed by atoms with Crippen LogP contribution in [-0.4, -0.2) is 51.7 Å². The topological polar surface area (TPSA) is 36.9 Å². The van der Waals surface area contributed by atoms with Crippen LogP contribution in [0.5, 0.6) is 0 Å². The van der Waals surface area contributed by atoms with Gasteiger partial charge in [0, 0.05) is 20.6 Å². The second-order valence-corrected chi connectivity index (χ2v) is 13.4. The van der Waals surface area contributed by atoms with Crippen LogP contribution in [0.3, 0.4) is 0 Å². The van der Waals surface area contributed by atoms with Crippen molar-refractivity contribution >= 4 is 8.07 Å².